The summed E-state index contributed by atoms with van der Waals surface area (Å²) >= 11 is 0. The van der Waals surface area contributed by atoms with Crippen molar-refractivity contribution in [2.24, 2.45) is 11.7 Å². The van der Waals surface area contributed by atoms with Crippen LogP contribution in [0.3, 0.4) is 0 Å². The van der Waals surface area contributed by atoms with E-state index in [0.717, 1.165) is 6.54 Å². The van der Waals surface area contributed by atoms with Crippen LogP contribution < -0.4 is 11.1 Å². The molecule has 1 aliphatic heterocycles. The topological polar surface area (TPSA) is 55.1 Å². The Morgan fingerprint density at radius 3 is 2.20 bits per heavy atom. The van der Waals surface area contributed by atoms with Crippen molar-refractivity contribution in [3.8, 4) is 0 Å². The maximum absolute atomic E-state index is 10.5. The Kier molecular flexibility index (Phi) is 4.03. The second-order valence-electron chi connectivity index (χ2n) is 2.25. The fourth-order valence-corrected chi connectivity index (χ4v) is 0.765. The molecule has 3 heteroatoms. The van der Waals surface area contributed by atoms with Crippen molar-refractivity contribution in [3.63, 3.8) is 0 Å². The van der Waals surface area contributed by atoms with Crippen LogP contribution in [0.1, 0.15) is 20.8 Å². The molecule has 1 heterocycles. The first kappa shape index (κ1) is 9.43. The minimum Gasteiger partial charge on any atom is -0.354 e. The van der Waals surface area contributed by atoms with E-state index >= 15 is 0 Å². The second kappa shape index (κ2) is 4.28. The number of nitrogens with one attached hydrogen (secondary N) is 1. The first-order valence-electron chi connectivity index (χ1n) is 3.75. The Bertz CT molecular complexity index is 114. The standard InChI is InChI=1S/C5H10N2O.C2H6/c1-3-2-7-5(8)4(3)6;1-2/h3-4H,2,6H2,1H3,(H,7,8);1-2H3/t3-,4-;/m0./s1. The smallest absolute Gasteiger partial charge is 0.237 e. The van der Waals surface area contributed by atoms with Gasteiger partial charge in [-0.25, -0.2) is 0 Å². The number of amides is 1. The van der Waals surface area contributed by atoms with Gasteiger partial charge in [-0.15, -0.1) is 0 Å². The Hall–Kier alpha value is -0.570. The molecular weight excluding hydrogens is 128 g/mol. The van der Waals surface area contributed by atoms with Gasteiger partial charge in [0.1, 0.15) is 0 Å². The molecule has 0 aliphatic carbocycles. The summed E-state index contributed by atoms with van der Waals surface area (Å²) in [6.07, 6.45) is 0. The highest BCUT2D eigenvalue weighted by Gasteiger charge is 2.26. The number of carbonyl (C=O) groups excluding carboxylic acids is 1. The molecule has 0 unspecified atom stereocenters. The summed E-state index contributed by atoms with van der Waals surface area (Å²) in [6, 6.07) is -0.269. The molecule has 2 atom stereocenters. The molecule has 0 spiro atoms. The van der Waals surface area contributed by atoms with Gasteiger partial charge >= 0.3 is 0 Å². The van der Waals surface area contributed by atoms with Crippen LogP contribution in [0.4, 0.5) is 0 Å². The van der Waals surface area contributed by atoms with Gasteiger partial charge in [0.15, 0.2) is 0 Å². The largest absolute Gasteiger partial charge is 0.354 e. The lowest BCUT2D eigenvalue weighted by molar-refractivity contribution is -0.120. The van der Waals surface area contributed by atoms with Gasteiger partial charge in [0.2, 0.25) is 5.91 Å². The van der Waals surface area contributed by atoms with E-state index in [2.05, 4.69) is 5.32 Å². The fourth-order valence-electron chi connectivity index (χ4n) is 0.765. The maximum atomic E-state index is 10.5. The van der Waals surface area contributed by atoms with Crippen molar-refractivity contribution in [1.82, 2.24) is 5.32 Å². The van der Waals surface area contributed by atoms with Gasteiger partial charge in [-0.3, -0.25) is 4.79 Å². The Labute approximate surface area is 62.0 Å². The molecule has 1 aliphatic rings. The first-order valence-corrected chi connectivity index (χ1v) is 3.75. The van der Waals surface area contributed by atoms with Crippen molar-refractivity contribution in [1.29, 1.82) is 0 Å². The summed E-state index contributed by atoms with van der Waals surface area (Å²) in [7, 11) is 0. The zero-order valence-electron chi connectivity index (χ0n) is 6.85. The fraction of sp³-hybridized carbons (Fsp3) is 0.857. The minimum absolute atomic E-state index is 0.0162. The molecule has 60 valence electrons. The van der Waals surface area contributed by atoms with Crippen LogP contribution in [-0.2, 0) is 4.79 Å². The minimum atomic E-state index is -0.269. The molecule has 0 saturated carbocycles. The molecule has 1 fully saturated rings. The third kappa shape index (κ3) is 1.99. The third-order valence-corrected chi connectivity index (χ3v) is 1.51. The molecule has 1 amide bonds. The first-order chi connectivity index (χ1) is 4.72. The van der Waals surface area contributed by atoms with Gasteiger partial charge in [0.05, 0.1) is 6.04 Å². The summed E-state index contributed by atoms with van der Waals surface area (Å²) in [5.41, 5.74) is 5.41. The zero-order chi connectivity index (χ0) is 8.15. The van der Waals surface area contributed by atoms with Gasteiger partial charge in [-0.1, -0.05) is 20.8 Å². The Morgan fingerprint density at radius 1 is 1.60 bits per heavy atom. The van der Waals surface area contributed by atoms with Gasteiger partial charge in [-0.2, -0.15) is 0 Å². The van der Waals surface area contributed by atoms with E-state index < -0.39 is 0 Å². The molecule has 0 aromatic carbocycles. The highest BCUT2D eigenvalue weighted by Crippen LogP contribution is 2.04. The Morgan fingerprint density at radius 2 is 2.10 bits per heavy atom. The maximum Gasteiger partial charge on any atom is 0.237 e. The quantitative estimate of drug-likeness (QED) is 0.507. The summed E-state index contributed by atoms with van der Waals surface area (Å²) in [5, 5.41) is 2.66. The average Bonchev–Trinajstić information content (AvgIpc) is 2.25. The molecule has 3 N–H and O–H groups in total. The van der Waals surface area contributed by atoms with Crippen LogP contribution in [0, 0.1) is 5.92 Å². The van der Waals surface area contributed by atoms with Gasteiger partial charge in [-0.05, 0) is 5.92 Å². The van der Waals surface area contributed by atoms with Crippen LogP contribution in [-0.4, -0.2) is 18.5 Å². The molecule has 1 rings (SSSR count). The number of carbonyl (C=O) groups is 1. The number of rotatable bonds is 0. The predicted octanol–water partition coefficient (Wildman–Crippen LogP) is 0.106. The summed E-state index contributed by atoms with van der Waals surface area (Å²) < 4.78 is 0. The highest BCUT2D eigenvalue weighted by atomic mass is 16.2. The lowest BCUT2D eigenvalue weighted by atomic mass is 10.1. The summed E-state index contributed by atoms with van der Waals surface area (Å²) in [6.45, 7) is 6.70. The van der Waals surface area contributed by atoms with E-state index in [-0.39, 0.29) is 11.9 Å². The normalized spacial score (nSPS) is 30.6. The zero-order valence-corrected chi connectivity index (χ0v) is 6.85. The van der Waals surface area contributed by atoms with Gasteiger partial charge in [0.25, 0.3) is 0 Å². The van der Waals surface area contributed by atoms with Gasteiger partial charge < -0.3 is 11.1 Å². The average molecular weight is 144 g/mol. The predicted molar refractivity (Wildman–Crippen MR) is 41.5 cm³/mol. The van der Waals surface area contributed by atoms with Crippen LogP contribution in [0.5, 0.6) is 0 Å². The van der Waals surface area contributed by atoms with E-state index in [4.69, 9.17) is 5.73 Å². The molecule has 1 saturated heterocycles. The second-order valence-corrected chi connectivity index (χ2v) is 2.25. The molecular formula is C7H16N2O. The van der Waals surface area contributed by atoms with Crippen molar-refractivity contribution >= 4 is 5.91 Å². The number of hydrogen-bond donors (Lipinski definition) is 2. The van der Waals surface area contributed by atoms with Crippen LogP contribution in [0.25, 0.3) is 0 Å². The SMILES string of the molecule is CC.C[C@H]1CNC(=O)[C@H]1N. The van der Waals surface area contributed by atoms with E-state index in [9.17, 15) is 4.79 Å². The molecule has 0 bridgehead atoms. The van der Waals surface area contributed by atoms with E-state index in [0.29, 0.717) is 5.92 Å². The van der Waals surface area contributed by atoms with Gasteiger partial charge in [0, 0.05) is 6.54 Å². The molecule has 3 nitrogen and oxygen atoms in total. The molecule has 0 radical (unpaired) electrons. The van der Waals surface area contributed by atoms with E-state index in [1.54, 1.807) is 0 Å². The van der Waals surface area contributed by atoms with Crippen LogP contribution in [0.2, 0.25) is 0 Å². The monoisotopic (exact) mass is 144 g/mol. The van der Waals surface area contributed by atoms with Crippen LogP contribution in [0.15, 0.2) is 0 Å². The van der Waals surface area contributed by atoms with Crippen molar-refractivity contribution in [2.45, 2.75) is 26.8 Å². The molecule has 10 heavy (non-hydrogen) atoms. The van der Waals surface area contributed by atoms with Crippen molar-refractivity contribution in [2.75, 3.05) is 6.54 Å². The highest BCUT2D eigenvalue weighted by molar-refractivity contribution is 5.83. The molecule has 0 aromatic rings. The number of nitrogens with two attached hydrogens (primary N) is 1. The van der Waals surface area contributed by atoms with Crippen molar-refractivity contribution in [3.05, 3.63) is 0 Å². The number of hydrogen-bond acceptors (Lipinski definition) is 2. The van der Waals surface area contributed by atoms with Crippen LogP contribution >= 0.6 is 0 Å². The summed E-state index contributed by atoms with van der Waals surface area (Å²) in [5.74, 6) is 0.292. The third-order valence-electron chi connectivity index (χ3n) is 1.51. The van der Waals surface area contributed by atoms with E-state index in [1.165, 1.54) is 0 Å². The molecule has 0 aromatic heterocycles. The lowest BCUT2D eigenvalue weighted by Crippen LogP contribution is -2.32. The van der Waals surface area contributed by atoms with E-state index in [1.807, 2.05) is 20.8 Å². The van der Waals surface area contributed by atoms with Crippen molar-refractivity contribution < 1.29 is 4.79 Å². The summed E-state index contributed by atoms with van der Waals surface area (Å²) in [4.78, 5) is 10.5. The lowest BCUT2D eigenvalue weighted by Gasteiger charge is -2.01. The Balaban J connectivity index is 0.000000371.